The summed E-state index contributed by atoms with van der Waals surface area (Å²) in [6, 6.07) is 0. The Morgan fingerprint density at radius 2 is 2.20 bits per heavy atom. The van der Waals surface area contributed by atoms with Gasteiger partial charge in [-0.15, -0.1) is 0 Å². The maximum Gasteiger partial charge on any atom is 0.0788 e. The Bertz CT molecular complexity index is 330. The molecule has 0 aromatic heterocycles. The van der Waals surface area contributed by atoms with Gasteiger partial charge in [-0.25, -0.2) is 0 Å². The third-order valence-electron chi connectivity index (χ3n) is 3.91. The van der Waals surface area contributed by atoms with Crippen LogP contribution in [0.1, 0.15) is 45.4 Å². The first-order chi connectivity index (χ1) is 9.43. The molecule has 4 heteroatoms. The van der Waals surface area contributed by atoms with Gasteiger partial charge in [-0.05, 0) is 76.2 Å². The largest absolute Gasteiger partial charge is 0.396 e. The third-order valence-corrected chi connectivity index (χ3v) is 4.97. The number of allylic oxidation sites excluding steroid dienone is 1. The van der Waals surface area contributed by atoms with E-state index in [-0.39, 0.29) is 24.9 Å². The number of rotatable bonds is 9. The van der Waals surface area contributed by atoms with Crippen molar-refractivity contribution in [1.82, 2.24) is 0 Å². The molecule has 0 aromatic carbocycles. The predicted octanol–water partition coefficient (Wildman–Crippen LogP) is 3.59. The molecule has 1 rings (SSSR count). The lowest BCUT2D eigenvalue weighted by Gasteiger charge is -2.18. The number of halogens is 1. The van der Waals surface area contributed by atoms with E-state index < -0.39 is 0 Å². The van der Waals surface area contributed by atoms with Crippen LogP contribution in [0.5, 0.6) is 0 Å². The van der Waals surface area contributed by atoms with Crippen molar-refractivity contribution < 1.29 is 14.9 Å². The highest BCUT2D eigenvalue weighted by Gasteiger charge is 2.28. The summed E-state index contributed by atoms with van der Waals surface area (Å²) in [4.78, 5) is 0. The van der Waals surface area contributed by atoms with Gasteiger partial charge in [0.25, 0.3) is 0 Å². The summed E-state index contributed by atoms with van der Waals surface area (Å²) in [5.41, 5.74) is 1.13. The fourth-order valence-electron chi connectivity index (χ4n) is 2.56. The van der Waals surface area contributed by atoms with Crippen molar-refractivity contribution in [2.75, 3.05) is 6.61 Å². The van der Waals surface area contributed by atoms with E-state index in [0.29, 0.717) is 5.92 Å². The molecule has 1 unspecified atom stereocenters. The number of hydrogen-bond acceptors (Lipinski definition) is 3. The van der Waals surface area contributed by atoms with Crippen molar-refractivity contribution in [2.24, 2.45) is 5.92 Å². The smallest absolute Gasteiger partial charge is 0.0788 e. The van der Waals surface area contributed by atoms with Gasteiger partial charge >= 0.3 is 0 Å². The fraction of sp³-hybridized carbons (Fsp3) is 0.750. The van der Waals surface area contributed by atoms with E-state index >= 15 is 0 Å². The molecule has 0 aliphatic carbocycles. The Labute approximate surface area is 136 Å². The Morgan fingerprint density at radius 1 is 1.50 bits per heavy atom. The van der Waals surface area contributed by atoms with Crippen LogP contribution in [-0.2, 0) is 4.74 Å². The molecule has 1 aliphatic rings. The molecule has 1 aliphatic heterocycles. The Hall–Kier alpha value is 0.0900. The molecule has 4 atom stereocenters. The van der Waals surface area contributed by atoms with Crippen molar-refractivity contribution in [3.05, 3.63) is 22.3 Å². The second-order valence-corrected chi connectivity index (χ2v) is 7.18. The van der Waals surface area contributed by atoms with Gasteiger partial charge in [0, 0.05) is 6.61 Å². The molecular formula is C16H27IO3. The maximum absolute atomic E-state index is 10.1. The van der Waals surface area contributed by atoms with Gasteiger partial charge in [0.2, 0.25) is 0 Å². The van der Waals surface area contributed by atoms with Crippen LogP contribution in [-0.4, -0.2) is 35.1 Å². The fourth-order valence-corrected chi connectivity index (χ4v) is 2.81. The SMILES string of the molecule is C=C(I)[C@H](C)CC(O)CC[C@@H]1O[C@@H](CCCO)CC1=C. The first-order valence-corrected chi connectivity index (χ1v) is 8.48. The quantitative estimate of drug-likeness (QED) is 0.464. The summed E-state index contributed by atoms with van der Waals surface area (Å²) in [6.07, 6.45) is 4.86. The molecule has 0 saturated carbocycles. The molecule has 3 nitrogen and oxygen atoms in total. The van der Waals surface area contributed by atoms with Crippen molar-refractivity contribution in [3.63, 3.8) is 0 Å². The van der Waals surface area contributed by atoms with Crippen molar-refractivity contribution in [2.45, 2.75) is 63.8 Å². The Kier molecular flexibility index (Phi) is 8.32. The zero-order valence-electron chi connectivity index (χ0n) is 12.4. The second-order valence-electron chi connectivity index (χ2n) is 5.79. The Balaban J connectivity index is 2.27. The standard InChI is InChI=1S/C16H27IO3/c1-11(13(3)17)9-14(19)6-7-16-12(2)10-15(20-16)5-4-8-18/h11,14-16,18-19H,2-10H2,1H3/t11-,14?,15+,16+/m1/s1. The molecule has 1 fully saturated rings. The van der Waals surface area contributed by atoms with E-state index in [9.17, 15) is 5.11 Å². The van der Waals surface area contributed by atoms with Crippen LogP contribution in [0.2, 0.25) is 0 Å². The summed E-state index contributed by atoms with van der Waals surface area (Å²) >= 11 is 2.22. The average molecular weight is 394 g/mol. The first-order valence-electron chi connectivity index (χ1n) is 7.40. The Morgan fingerprint density at radius 3 is 2.80 bits per heavy atom. The highest BCUT2D eigenvalue weighted by Crippen LogP contribution is 2.31. The van der Waals surface area contributed by atoms with Crippen molar-refractivity contribution >= 4 is 22.6 Å². The lowest BCUT2D eigenvalue weighted by molar-refractivity contribution is 0.0292. The minimum Gasteiger partial charge on any atom is -0.396 e. The number of aliphatic hydroxyl groups excluding tert-OH is 2. The first kappa shape index (κ1) is 18.1. The van der Waals surface area contributed by atoms with Gasteiger partial charge in [0.15, 0.2) is 0 Å². The van der Waals surface area contributed by atoms with E-state index in [1.54, 1.807) is 0 Å². The highest BCUT2D eigenvalue weighted by atomic mass is 127. The van der Waals surface area contributed by atoms with Gasteiger partial charge < -0.3 is 14.9 Å². The lowest BCUT2D eigenvalue weighted by Crippen LogP contribution is -2.17. The van der Waals surface area contributed by atoms with Crippen LogP contribution in [0.15, 0.2) is 22.3 Å². The van der Waals surface area contributed by atoms with Crippen LogP contribution >= 0.6 is 22.6 Å². The van der Waals surface area contributed by atoms with E-state index in [1.807, 2.05) is 0 Å². The van der Waals surface area contributed by atoms with Gasteiger partial charge in [0.05, 0.1) is 18.3 Å². The monoisotopic (exact) mass is 394 g/mol. The van der Waals surface area contributed by atoms with E-state index in [0.717, 1.165) is 47.7 Å². The summed E-state index contributed by atoms with van der Waals surface area (Å²) in [6.45, 7) is 10.3. The molecule has 0 spiro atoms. The summed E-state index contributed by atoms with van der Waals surface area (Å²) in [5.74, 6) is 0.343. The molecule has 0 aromatic rings. The number of hydrogen-bond donors (Lipinski definition) is 2. The molecule has 0 bridgehead atoms. The number of aliphatic hydroxyl groups is 2. The average Bonchev–Trinajstić information content (AvgIpc) is 2.74. The summed E-state index contributed by atoms with van der Waals surface area (Å²) in [5, 5.41) is 18.9. The molecule has 0 radical (unpaired) electrons. The summed E-state index contributed by atoms with van der Waals surface area (Å²) in [7, 11) is 0. The van der Waals surface area contributed by atoms with E-state index in [4.69, 9.17) is 9.84 Å². The molecule has 1 saturated heterocycles. The minimum absolute atomic E-state index is 0.0754. The van der Waals surface area contributed by atoms with E-state index in [1.165, 1.54) is 0 Å². The van der Waals surface area contributed by atoms with Crippen LogP contribution in [0, 0.1) is 5.92 Å². The normalized spacial score (nSPS) is 25.7. The number of ether oxygens (including phenoxy) is 1. The highest BCUT2D eigenvalue weighted by molar-refractivity contribution is 14.1. The van der Waals surface area contributed by atoms with Gasteiger partial charge in [-0.3, -0.25) is 0 Å². The zero-order valence-corrected chi connectivity index (χ0v) is 14.5. The predicted molar refractivity (Wildman–Crippen MR) is 90.9 cm³/mol. The molecule has 116 valence electrons. The zero-order chi connectivity index (χ0) is 15.1. The third kappa shape index (κ3) is 6.24. The minimum atomic E-state index is -0.301. The van der Waals surface area contributed by atoms with Crippen molar-refractivity contribution in [1.29, 1.82) is 0 Å². The lowest BCUT2D eigenvalue weighted by atomic mass is 9.97. The summed E-state index contributed by atoms with van der Waals surface area (Å²) < 4.78 is 7.03. The molecule has 1 heterocycles. The van der Waals surface area contributed by atoms with Crippen LogP contribution in [0.25, 0.3) is 0 Å². The van der Waals surface area contributed by atoms with Crippen LogP contribution < -0.4 is 0 Å². The van der Waals surface area contributed by atoms with E-state index in [2.05, 4.69) is 42.7 Å². The molecular weight excluding hydrogens is 367 g/mol. The van der Waals surface area contributed by atoms with Gasteiger partial charge in [-0.1, -0.05) is 20.1 Å². The van der Waals surface area contributed by atoms with Crippen LogP contribution in [0.3, 0.4) is 0 Å². The topological polar surface area (TPSA) is 49.7 Å². The van der Waals surface area contributed by atoms with Gasteiger partial charge in [-0.2, -0.15) is 0 Å². The maximum atomic E-state index is 10.1. The van der Waals surface area contributed by atoms with Crippen LogP contribution in [0.4, 0.5) is 0 Å². The van der Waals surface area contributed by atoms with Gasteiger partial charge in [0.1, 0.15) is 0 Å². The molecule has 0 amide bonds. The molecule has 20 heavy (non-hydrogen) atoms. The van der Waals surface area contributed by atoms with Crippen molar-refractivity contribution in [3.8, 4) is 0 Å². The second kappa shape index (κ2) is 9.18. The molecule has 2 N–H and O–H groups in total.